The summed E-state index contributed by atoms with van der Waals surface area (Å²) in [5.41, 5.74) is -1.20. The lowest BCUT2D eigenvalue weighted by Crippen LogP contribution is -2.52. The van der Waals surface area contributed by atoms with Crippen LogP contribution in [0.4, 0.5) is 14.5 Å². The standard InChI is InChI=1S/C27H25ClF2N2O5S/c28-20-8-4-15(26(34)32-18-7-9-21(29)22(30)14-18)11-24(20)38(36,37)19-12-16-5-6-17(13-19)27(16,35)25(33)23-3-1-2-10-31-23/h1-4,7-11,14,16-17,19,25,33,35H,5-6,12-13H2,(H,32,34)/t16-,17+,19-,25-,27-/m0/s1. The van der Waals surface area contributed by atoms with Crippen LogP contribution in [0.2, 0.25) is 5.02 Å². The van der Waals surface area contributed by atoms with Crippen LogP contribution in [0.3, 0.4) is 0 Å². The number of anilines is 1. The molecule has 7 nitrogen and oxygen atoms in total. The summed E-state index contributed by atoms with van der Waals surface area (Å²) in [4.78, 5) is 16.7. The third kappa shape index (κ3) is 4.59. The Labute approximate surface area is 223 Å². The molecule has 3 N–H and O–H groups in total. The highest BCUT2D eigenvalue weighted by Gasteiger charge is 2.59. The first kappa shape index (κ1) is 26.7. The fourth-order valence-corrected chi connectivity index (χ4v) is 8.24. The second-order valence-electron chi connectivity index (χ2n) is 9.88. The third-order valence-corrected chi connectivity index (χ3v) is 10.4. The molecule has 2 aliphatic rings. The molecule has 2 aliphatic carbocycles. The Bertz CT molecular complexity index is 1470. The second kappa shape index (κ2) is 10.00. The molecule has 0 saturated heterocycles. The molecule has 3 aromatic rings. The molecule has 2 bridgehead atoms. The smallest absolute Gasteiger partial charge is 0.255 e. The predicted octanol–water partition coefficient (Wildman–Crippen LogP) is 4.69. The molecular weight excluding hydrogens is 538 g/mol. The molecule has 0 unspecified atom stereocenters. The normalized spacial score (nSPS) is 25.7. The van der Waals surface area contributed by atoms with Crippen molar-refractivity contribution in [1.29, 1.82) is 0 Å². The first-order valence-electron chi connectivity index (χ1n) is 12.1. The Kier molecular flexibility index (Phi) is 7.02. The lowest BCUT2D eigenvalue weighted by atomic mass is 9.70. The number of carbonyl (C=O) groups is 1. The van der Waals surface area contributed by atoms with Gasteiger partial charge in [0.15, 0.2) is 21.5 Å². The number of amides is 1. The summed E-state index contributed by atoms with van der Waals surface area (Å²) in [6.07, 6.45) is 1.61. The zero-order chi connectivity index (χ0) is 27.2. The number of fused-ring (bicyclic) bond motifs is 2. The van der Waals surface area contributed by atoms with Crippen molar-refractivity contribution in [3.8, 4) is 0 Å². The molecule has 1 aromatic heterocycles. The first-order valence-corrected chi connectivity index (χ1v) is 14.1. The first-order chi connectivity index (χ1) is 18.0. The van der Waals surface area contributed by atoms with Crippen LogP contribution in [0.25, 0.3) is 0 Å². The van der Waals surface area contributed by atoms with Crippen LogP contribution in [-0.2, 0) is 9.84 Å². The minimum atomic E-state index is -4.03. The number of pyridine rings is 1. The minimum Gasteiger partial charge on any atom is -0.386 e. The maximum atomic E-state index is 13.7. The van der Waals surface area contributed by atoms with Crippen molar-refractivity contribution in [3.63, 3.8) is 0 Å². The van der Waals surface area contributed by atoms with Crippen LogP contribution in [0.5, 0.6) is 0 Å². The molecule has 1 heterocycles. The van der Waals surface area contributed by atoms with Crippen LogP contribution in [0.15, 0.2) is 65.7 Å². The highest BCUT2D eigenvalue weighted by Crippen LogP contribution is 2.56. The van der Waals surface area contributed by atoms with E-state index in [0.29, 0.717) is 18.5 Å². The van der Waals surface area contributed by atoms with E-state index in [-0.39, 0.29) is 34.0 Å². The number of sulfone groups is 1. The highest BCUT2D eigenvalue weighted by atomic mass is 35.5. The molecule has 200 valence electrons. The average molecular weight is 563 g/mol. The summed E-state index contributed by atoms with van der Waals surface area (Å²) in [5, 5.41) is 24.1. The lowest BCUT2D eigenvalue weighted by molar-refractivity contribution is -0.145. The van der Waals surface area contributed by atoms with Gasteiger partial charge in [0.25, 0.3) is 5.91 Å². The summed E-state index contributed by atoms with van der Waals surface area (Å²) in [7, 11) is -4.03. The van der Waals surface area contributed by atoms with Gasteiger partial charge in [0.05, 0.1) is 20.9 Å². The van der Waals surface area contributed by atoms with Gasteiger partial charge in [-0.25, -0.2) is 17.2 Å². The van der Waals surface area contributed by atoms with E-state index < -0.39 is 56.2 Å². The molecule has 5 atom stereocenters. The summed E-state index contributed by atoms with van der Waals surface area (Å²) >= 11 is 6.28. The minimum absolute atomic E-state index is 0.00265. The molecule has 5 rings (SSSR count). The third-order valence-electron chi connectivity index (χ3n) is 7.79. The van der Waals surface area contributed by atoms with Gasteiger partial charge in [0, 0.05) is 23.5 Å². The van der Waals surface area contributed by atoms with Gasteiger partial charge in [0.1, 0.15) is 11.7 Å². The van der Waals surface area contributed by atoms with Gasteiger partial charge in [-0.15, -0.1) is 0 Å². The quantitative estimate of drug-likeness (QED) is 0.401. The Morgan fingerprint density at radius 3 is 2.39 bits per heavy atom. The number of carbonyl (C=O) groups excluding carboxylic acids is 1. The lowest BCUT2D eigenvalue weighted by Gasteiger charge is -2.45. The number of hydrogen-bond acceptors (Lipinski definition) is 6. The SMILES string of the molecule is O=C(Nc1ccc(F)c(F)c1)c1ccc(Cl)c(S(=O)(=O)[C@@H]2C[C@H]3CC[C@@H](C2)[C@@]3(O)[C@@H](O)c2ccccn2)c1. The maximum absolute atomic E-state index is 13.7. The predicted molar refractivity (Wildman–Crippen MR) is 136 cm³/mol. The number of aromatic nitrogens is 1. The van der Waals surface area contributed by atoms with Gasteiger partial charge in [-0.3, -0.25) is 9.78 Å². The topological polar surface area (TPSA) is 117 Å². The zero-order valence-electron chi connectivity index (χ0n) is 20.0. The summed E-state index contributed by atoms with van der Waals surface area (Å²) in [6.45, 7) is 0. The van der Waals surface area contributed by atoms with E-state index in [4.69, 9.17) is 11.6 Å². The Morgan fingerprint density at radius 1 is 1.05 bits per heavy atom. The van der Waals surface area contributed by atoms with Crippen molar-refractivity contribution < 1.29 is 32.2 Å². The van der Waals surface area contributed by atoms with Gasteiger partial charge < -0.3 is 15.5 Å². The van der Waals surface area contributed by atoms with E-state index in [1.807, 2.05) is 0 Å². The van der Waals surface area contributed by atoms with Crippen molar-refractivity contribution in [2.45, 2.75) is 47.5 Å². The van der Waals surface area contributed by atoms with Crippen molar-refractivity contribution >= 4 is 33.0 Å². The molecule has 2 aromatic carbocycles. The summed E-state index contributed by atoms with van der Waals surface area (Å²) < 4.78 is 54.2. The van der Waals surface area contributed by atoms with E-state index in [1.165, 1.54) is 30.5 Å². The van der Waals surface area contributed by atoms with E-state index in [9.17, 15) is 32.2 Å². The zero-order valence-corrected chi connectivity index (χ0v) is 21.6. The van der Waals surface area contributed by atoms with Gasteiger partial charge in [0.2, 0.25) is 0 Å². The molecule has 11 heteroatoms. The van der Waals surface area contributed by atoms with Crippen LogP contribution in [-0.4, -0.2) is 40.4 Å². The van der Waals surface area contributed by atoms with Crippen molar-refractivity contribution in [2.24, 2.45) is 11.8 Å². The van der Waals surface area contributed by atoms with Crippen LogP contribution in [0, 0.1) is 23.5 Å². The van der Waals surface area contributed by atoms with E-state index >= 15 is 0 Å². The van der Waals surface area contributed by atoms with Gasteiger partial charge in [-0.05, 0) is 80.0 Å². The molecule has 0 spiro atoms. The highest BCUT2D eigenvalue weighted by molar-refractivity contribution is 7.92. The van der Waals surface area contributed by atoms with Gasteiger partial charge >= 0.3 is 0 Å². The average Bonchev–Trinajstić information content (AvgIpc) is 3.06. The maximum Gasteiger partial charge on any atom is 0.255 e. The second-order valence-corrected chi connectivity index (χ2v) is 12.5. The number of aliphatic hydroxyl groups excluding tert-OH is 1. The Hall–Kier alpha value is -2.92. The van der Waals surface area contributed by atoms with Crippen molar-refractivity contribution in [3.05, 3.63) is 88.7 Å². The van der Waals surface area contributed by atoms with E-state index in [0.717, 1.165) is 12.1 Å². The van der Waals surface area contributed by atoms with Crippen LogP contribution < -0.4 is 5.32 Å². The number of benzene rings is 2. The fourth-order valence-electron chi connectivity index (χ4n) is 5.84. The Balaban J connectivity index is 1.39. The fraction of sp³-hybridized carbons (Fsp3) is 0.333. The van der Waals surface area contributed by atoms with Gasteiger partial charge in [-0.2, -0.15) is 0 Å². The summed E-state index contributed by atoms with van der Waals surface area (Å²) in [5.74, 6) is -3.87. The molecule has 38 heavy (non-hydrogen) atoms. The van der Waals surface area contributed by atoms with E-state index in [2.05, 4.69) is 10.3 Å². The van der Waals surface area contributed by atoms with Crippen molar-refractivity contribution in [1.82, 2.24) is 4.98 Å². The number of aliphatic hydroxyl groups is 2. The van der Waals surface area contributed by atoms with Crippen molar-refractivity contribution in [2.75, 3.05) is 5.32 Å². The molecular formula is C27H25ClF2N2O5S. The molecule has 0 aliphatic heterocycles. The van der Waals surface area contributed by atoms with Crippen LogP contribution in [0.1, 0.15) is 47.8 Å². The van der Waals surface area contributed by atoms with Crippen LogP contribution >= 0.6 is 11.6 Å². The summed E-state index contributed by atoms with van der Waals surface area (Å²) in [6, 6.07) is 11.7. The molecule has 1 amide bonds. The number of halogens is 3. The molecule has 2 saturated carbocycles. The molecule has 0 radical (unpaired) electrons. The largest absolute Gasteiger partial charge is 0.386 e. The monoisotopic (exact) mass is 562 g/mol. The number of nitrogens with zero attached hydrogens (tertiary/aromatic N) is 1. The van der Waals surface area contributed by atoms with E-state index in [1.54, 1.807) is 18.2 Å². The number of hydrogen-bond donors (Lipinski definition) is 3. The Morgan fingerprint density at radius 2 is 1.76 bits per heavy atom. The number of rotatable bonds is 6. The van der Waals surface area contributed by atoms with Gasteiger partial charge in [-0.1, -0.05) is 17.7 Å². The number of nitrogens with one attached hydrogen (secondary N) is 1. The molecule has 2 fully saturated rings.